The number of nitrogens with two attached hydrogens (primary N) is 2. The van der Waals surface area contributed by atoms with E-state index < -0.39 is 30.1 Å². The number of nitrogens with zero attached hydrogens (tertiary/aromatic N) is 4. The lowest BCUT2D eigenvalue weighted by molar-refractivity contribution is -0.0961. The largest absolute Gasteiger partial charge is 0.497 e. The molecule has 0 saturated carbocycles. The van der Waals surface area contributed by atoms with Gasteiger partial charge >= 0.3 is 0 Å². The molecule has 4 atom stereocenters. The molecule has 0 amide bonds. The van der Waals surface area contributed by atoms with Crippen LogP contribution < -0.4 is 20.9 Å². The number of nitrogen functional groups attached to an aromatic ring is 1. The van der Waals surface area contributed by atoms with E-state index in [1.54, 1.807) is 25.1 Å². The minimum Gasteiger partial charge on any atom is -0.497 e. The van der Waals surface area contributed by atoms with E-state index >= 15 is 0 Å². The molecule has 12 heteroatoms. The zero-order valence-electron chi connectivity index (χ0n) is 27.9. The van der Waals surface area contributed by atoms with E-state index in [4.69, 9.17) is 35.2 Å². The van der Waals surface area contributed by atoms with E-state index in [-0.39, 0.29) is 12.4 Å². The van der Waals surface area contributed by atoms with Gasteiger partial charge in [-0.1, -0.05) is 67.4 Å². The van der Waals surface area contributed by atoms with Crippen molar-refractivity contribution in [2.75, 3.05) is 39.7 Å². The average molecular weight is 669 g/mol. The molecule has 1 saturated heterocycles. The first-order valence-electron chi connectivity index (χ1n) is 16.6. The summed E-state index contributed by atoms with van der Waals surface area (Å²) in [5, 5.41) is 11.9. The molecule has 3 heterocycles. The minimum atomic E-state index is -1.09. The van der Waals surface area contributed by atoms with Crippen LogP contribution in [0.15, 0.2) is 91.5 Å². The third-order valence-electron chi connectivity index (χ3n) is 9.02. The number of imidazole rings is 1. The Hall–Kier alpha value is -4.59. The Morgan fingerprint density at radius 2 is 1.45 bits per heavy atom. The Morgan fingerprint density at radius 3 is 2.08 bits per heavy atom. The highest BCUT2D eigenvalue weighted by Gasteiger charge is 2.48. The summed E-state index contributed by atoms with van der Waals surface area (Å²) in [5.74, 6) is 1.70. The highest BCUT2D eigenvalue weighted by Crippen LogP contribution is 2.43. The average Bonchev–Trinajstić information content (AvgIpc) is 3.72. The number of anilines is 1. The molecule has 6 rings (SSSR count). The lowest BCUT2D eigenvalue weighted by Crippen LogP contribution is -2.40. The van der Waals surface area contributed by atoms with E-state index in [1.165, 1.54) is 6.33 Å². The Bertz CT molecular complexity index is 1720. The first kappa shape index (κ1) is 34.3. The number of hydrogen-bond acceptors (Lipinski definition) is 11. The fraction of sp³-hybridized carbons (Fsp3) is 0.378. The Balaban J connectivity index is 1.35. The van der Waals surface area contributed by atoms with Gasteiger partial charge in [0.1, 0.15) is 47.3 Å². The van der Waals surface area contributed by atoms with Crippen LogP contribution in [-0.4, -0.2) is 76.9 Å². The molecule has 1 fully saturated rings. The van der Waals surface area contributed by atoms with Crippen molar-refractivity contribution in [3.8, 4) is 11.5 Å². The van der Waals surface area contributed by atoms with Crippen molar-refractivity contribution >= 4 is 17.0 Å². The van der Waals surface area contributed by atoms with Crippen LogP contribution in [0.3, 0.4) is 0 Å². The number of aliphatic hydroxyl groups excluding tert-OH is 1. The standard InChI is InChI=1S/C37H44N6O6/c1-45-28-16-12-26(13-17-28)37(25-10-6-5-7-11-25,27-14-18-29(46-2)19-15-27)48-22-30-32(44)33(47-21-9-4-3-8-20-38)36(49-30)43-24-42-31-34(39)40-23-41-35(31)43/h5-7,10-19,23-24,30,32-33,36,44H,3-4,8-9,20-22,38H2,1-2H3,(H2,39,40,41)/t30-,32+,33?,36-/m1/s1. The van der Waals surface area contributed by atoms with Gasteiger partial charge in [-0.2, -0.15) is 0 Å². The van der Waals surface area contributed by atoms with Crippen molar-refractivity contribution < 1.29 is 28.8 Å². The van der Waals surface area contributed by atoms with Crippen LogP contribution in [0.1, 0.15) is 48.6 Å². The maximum absolute atomic E-state index is 11.9. The highest BCUT2D eigenvalue weighted by atomic mass is 16.6. The summed E-state index contributed by atoms with van der Waals surface area (Å²) in [5.41, 5.74) is 14.2. The monoisotopic (exact) mass is 668 g/mol. The lowest BCUT2D eigenvalue weighted by atomic mass is 9.80. The zero-order valence-corrected chi connectivity index (χ0v) is 27.9. The van der Waals surface area contributed by atoms with Crippen molar-refractivity contribution in [1.82, 2.24) is 19.5 Å². The summed E-state index contributed by atoms with van der Waals surface area (Å²) >= 11 is 0. The normalized spacial score (nSPS) is 19.3. The summed E-state index contributed by atoms with van der Waals surface area (Å²) in [6.07, 6.45) is 3.46. The number of hydrogen-bond donors (Lipinski definition) is 3. The maximum Gasteiger partial charge on any atom is 0.167 e. The molecule has 1 aliphatic heterocycles. The minimum absolute atomic E-state index is 0.0186. The first-order chi connectivity index (χ1) is 24.0. The number of unbranched alkanes of at least 4 members (excludes halogenated alkanes) is 3. The van der Waals surface area contributed by atoms with Gasteiger partial charge in [-0.25, -0.2) is 15.0 Å². The van der Waals surface area contributed by atoms with Crippen molar-refractivity contribution in [2.45, 2.75) is 55.8 Å². The van der Waals surface area contributed by atoms with Crippen molar-refractivity contribution in [2.24, 2.45) is 5.73 Å². The summed E-state index contributed by atoms with van der Waals surface area (Å²) in [4.78, 5) is 12.9. The molecule has 3 aromatic carbocycles. The van der Waals surface area contributed by atoms with Gasteiger partial charge < -0.3 is 40.3 Å². The van der Waals surface area contributed by atoms with Gasteiger partial charge in [0.2, 0.25) is 0 Å². The molecule has 1 unspecified atom stereocenters. The summed E-state index contributed by atoms with van der Waals surface area (Å²) in [6.45, 7) is 1.12. The number of benzene rings is 3. The predicted molar refractivity (Wildman–Crippen MR) is 185 cm³/mol. The number of fused-ring (bicyclic) bond motifs is 1. The van der Waals surface area contributed by atoms with Gasteiger partial charge in [-0.05, 0) is 60.3 Å². The van der Waals surface area contributed by atoms with Crippen LogP contribution in [0.2, 0.25) is 0 Å². The van der Waals surface area contributed by atoms with Crippen LogP contribution in [0.25, 0.3) is 11.2 Å². The summed E-state index contributed by atoms with van der Waals surface area (Å²) in [6, 6.07) is 25.6. The van der Waals surface area contributed by atoms with Crippen molar-refractivity contribution in [3.05, 3.63) is 108 Å². The first-order valence-corrected chi connectivity index (χ1v) is 16.6. The molecular formula is C37H44N6O6. The molecule has 0 spiro atoms. The fourth-order valence-electron chi connectivity index (χ4n) is 6.42. The third kappa shape index (κ3) is 7.10. The quantitative estimate of drug-likeness (QED) is 0.0996. The van der Waals surface area contributed by atoms with Gasteiger partial charge in [0, 0.05) is 6.61 Å². The second-order valence-electron chi connectivity index (χ2n) is 12.0. The molecule has 5 N–H and O–H groups in total. The number of methoxy groups -OCH3 is 2. The van der Waals surface area contributed by atoms with Gasteiger partial charge in [-0.3, -0.25) is 4.57 Å². The molecule has 2 aromatic heterocycles. The molecule has 1 aliphatic rings. The van der Waals surface area contributed by atoms with E-state index in [0.717, 1.165) is 53.9 Å². The van der Waals surface area contributed by atoms with Crippen molar-refractivity contribution in [1.29, 1.82) is 0 Å². The molecule has 49 heavy (non-hydrogen) atoms. The van der Waals surface area contributed by atoms with Gasteiger partial charge in [0.25, 0.3) is 0 Å². The molecule has 0 bridgehead atoms. The number of rotatable bonds is 16. The molecule has 0 radical (unpaired) electrons. The molecule has 258 valence electrons. The summed E-state index contributed by atoms with van der Waals surface area (Å²) in [7, 11) is 3.27. The second kappa shape index (κ2) is 15.7. The Kier molecular flexibility index (Phi) is 11.0. The van der Waals surface area contributed by atoms with E-state index in [0.29, 0.717) is 24.3 Å². The Labute approximate surface area is 286 Å². The van der Waals surface area contributed by atoms with Crippen LogP contribution >= 0.6 is 0 Å². The summed E-state index contributed by atoms with van der Waals surface area (Å²) < 4.78 is 32.8. The topological polar surface area (TPSA) is 162 Å². The number of aliphatic hydroxyl groups is 1. The molecule has 12 nitrogen and oxygen atoms in total. The smallest absolute Gasteiger partial charge is 0.167 e. The van der Waals surface area contributed by atoms with Crippen LogP contribution in [0.5, 0.6) is 11.5 Å². The van der Waals surface area contributed by atoms with E-state index in [9.17, 15) is 5.11 Å². The second-order valence-corrected chi connectivity index (χ2v) is 12.0. The van der Waals surface area contributed by atoms with Gasteiger partial charge in [0.05, 0.1) is 27.2 Å². The predicted octanol–water partition coefficient (Wildman–Crippen LogP) is 4.60. The SMILES string of the molecule is COc1ccc(C(OC[C@H]2O[C@@H](n3cnc4c(N)ncnc43)C(OCCCCCCN)[C@H]2O)(c2ccccc2)c2ccc(OC)cc2)cc1. The van der Waals surface area contributed by atoms with Gasteiger partial charge in [-0.15, -0.1) is 0 Å². The van der Waals surface area contributed by atoms with Crippen LogP contribution in [0.4, 0.5) is 5.82 Å². The highest BCUT2D eigenvalue weighted by molar-refractivity contribution is 5.81. The number of aromatic nitrogens is 4. The molecule has 0 aliphatic carbocycles. The maximum atomic E-state index is 11.9. The van der Waals surface area contributed by atoms with Crippen molar-refractivity contribution in [3.63, 3.8) is 0 Å². The Morgan fingerprint density at radius 1 is 0.816 bits per heavy atom. The van der Waals surface area contributed by atoms with Crippen LogP contribution in [-0.2, 0) is 19.8 Å². The van der Waals surface area contributed by atoms with Crippen LogP contribution in [0, 0.1) is 0 Å². The molecular weight excluding hydrogens is 624 g/mol. The van der Waals surface area contributed by atoms with E-state index in [1.807, 2.05) is 78.9 Å². The lowest BCUT2D eigenvalue weighted by Gasteiger charge is -2.37. The van der Waals surface area contributed by atoms with E-state index in [2.05, 4.69) is 15.0 Å². The zero-order chi connectivity index (χ0) is 34.2. The fourth-order valence-corrected chi connectivity index (χ4v) is 6.42. The molecule has 5 aromatic rings. The van der Waals surface area contributed by atoms with Gasteiger partial charge in [0.15, 0.2) is 17.7 Å². The number of ether oxygens (including phenoxy) is 5. The third-order valence-corrected chi connectivity index (χ3v) is 9.02.